The van der Waals surface area contributed by atoms with Gasteiger partial charge in [-0.15, -0.1) is 0 Å². The molecule has 9 heteroatoms. The Labute approximate surface area is 183 Å². The summed E-state index contributed by atoms with van der Waals surface area (Å²) in [5, 5.41) is 0. The Morgan fingerprint density at radius 1 is 1.10 bits per heavy atom. The molecule has 0 spiro atoms. The number of hydrogen-bond acceptors (Lipinski definition) is 7. The van der Waals surface area contributed by atoms with Crippen LogP contribution in [-0.2, 0) is 20.8 Å². The van der Waals surface area contributed by atoms with Crippen LogP contribution in [0, 0.1) is 0 Å². The topological polar surface area (TPSA) is 88.4 Å². The Morgan fingerprint density at radius 2 is 1.90 bits per heavy atom. The molecule has 0 fully saturated rings. The molecule has 2 aromatic carbocycles. The zero-order valence-corrected chi connectivity index (χ0v) is 18.4. The molecule has 8 nitrogen and oxygen atoms in total. The van der Waals surface area contributed by atoms with Gasteiger partial charge in [0.05, 0.1) is 36.1 Å². The van der Waals surface area contributed by atoms with Crippen LogP contribution in [0.3, 0.4) is 0 Å². The van der Waals surface area contributed by atoms with Gasteiger partial charge in [-0.3, -0.25) is 4.79 Å². The maximum atomic E-state index is 12.5. The lowest BCUT2D eigenvalue weighted by Crippen LogP contribution is -2.21. The third-order valence-corrected chi connectivity index (χ3v) is 5.38. The Hall–Kier alpha value is -3.17. The van der Waals surface area contributed by atoms with E-state index in [-0.39, 0.29) is 12.6 Å². The molecule has 0 saturated carbocycles. The Balaban J connectivity index is 1.87. The van der Waals surface area contributed by atoms with Gasteiger partial charge in [0.25, 0.3) is 5.91 Å². The minimum atomic E-state index is -0.425. The van der Waals surface area contributed by atoms with E-state index in [2.05, 4.69) is 4.99 Å². The average molecular weight is 445 g/mol. The van der Waals surface area contributed by atoms with Gasteiger partial charge in [-0.1, -0.05) is 17.4 Å². The highest BCUT2D eigenvalue weighted by atomic mass is 32.1. The van der Waals surface area contributed by atoms with Crippen molar-refractivity contribution in [3.63, 3.8) is 0 Å². The second-order valence-electron chi connectivity index (χ2n) is 6.41. The zero-order valence-electron chi connectivity index (χ0n) is 17.6. The van der Waals surface area contributed by atoms with Crippen molar-refractivity contribution in [2.45, 2.75) is 13.5 Å². The molecule has 1 heterocycles. The van der Waals surface area contributed by atoms with Crippen LogP contribution < -0.4 is 14.3 Å². The number of carbonyl (C=O) groups is 2. The zero-order chi connectivity index (χ0) is 22.2. The number of benzene rings is 2. The molecule has 164 valence electrons. The van der Waals surface area contributed by atoms with Crippen LogP contribution in [0.15, 0.2) is 47.5 Å². The molecule has 0 saturated heterocycles. The van der Waals surface area contributed by atoms with Crippen LogP contribution in [-0.4, -0.2) is 50.5 Å². The molecule has 3 aromatic rings. The van der Waals surface area contributed by atoms with Gasteiger partial charge in [0.1, 0.15) is 11.5 Å². The molecule has 1 amide bonds. The van der Waals surface area contributed by atoms with Gasteiger partial charge in [0.2, 0.25) is 0 Å². The number of fused-ring (bicyclic) bond motifs is 1. The number of carbonyl (C=O) groups excluding carboxylic acids is 2. The molecule has 0 radical (unpaired) electrons. The first-order valence-corrected chi connectivity index (χ1v) is 10.5. The van der Waals surface area contributed by atoms with Gasteiger partial charge in [0, 0.05) is 19.7 Å². The van der Waals surface area contributed by atoms with Crippen LogP contribution in [0.4, 0.5) is 0 Å². The second-order valence-corrected chi connectivity index (χ2v) is 7.41. The van der Waals surface area contributed by atoms with Crippen molar-refractivity contribution >= 4 is 33.4 Å². The molecule has 0 bridgehead atoms. The summed E-state index contributed by atoms with van der Waals surface area (Å²) in [6.45, 7) is 2.82. The van der Waals surface area contributed by atoms with Crippen molar-refractivity contribution in [1.82, 2.24) is 4.57 Å². The first kappa shape index (κ1) is 22.5. The summed E-state index contributed by atoms with van der Waals surface area (Å²) in [5.74, 6) is 0.348. The van der Waals surface area contributed by atoms with Crippen molar-refractivity contribution in [2.75, 3.05) is 34.0 Å². The Bertz CT molecular complexity index is 1130. The maximum absolute atomic E-state index is 12.5. The van der Waals surface area contributed by atoms with Crippen molar-refractivity contribution in [2.24, 2.45) is 4.99 Å². The number of ether oxygens (including phenoxy) is 4. The van der Waals surface area contributed by atoms with Crippen LogP contribution in [0.25, 0.3) is 10.2 Å². The van der Waals surface area contributed by atoms with Gasteiger partial charge < -0.3 is 23.5 Å². The number of thiazole rings is 1. The summed E-state index contributed by atoms with van der Waals surface area (Å²) >= 11 is 1.32. The van der Waals surface area contributed by atoms with E-state index < -0.39 is 5.91 Å². The molecular weight excluding hydrogens is 420 g/mol. The monoisotopic (exact) mass is 444 g/mol. The van der Waals surface area contributed by atoms with Gasteiger partial charge in [-0.25, -0.2) is 4.79 Å². The van der Waals surface area contributed by atoms with E-state index in [0.717, 1.165) is 10.2 Å². The standard InChI is InChI=1S/C22H24N2O6S/c1-4-29-21(26)15-8-9-18-19(12-15)31-22(24(18)10-11-27-2)23-20(25)14-30-17-7-5-6-16(13-17)28-3/h5-9,12-13H,4,10-11,14H2,1-3H3. The van der Waals surface area contributed by atoms with E-state index in [0.29, 0.717) is 41.6 Å². The lowest BCUT2D eigenvalue weighted by atomic mass is 10.2. The summed E-state index contributed by atoms with van der Waals surface area (Å²) in [4.78, 5) is 29.3. The smallest absolute Gasteiger partial charge is 0.338 e. The van der Waals surface area contributed by atoms with Crippen molar-refractivity contribution in [3.05, 3.63) is 52.8 Å². The summed E-state index contributed by atoms with van der Waals surface area (Å²) in [6, 6.07) is 12.3. The first-order chi connectivity index (χ1) is 15.0. The summed E-state index contributed by atoms with van der Waals surface area (Å²) < 4.78 is 23.7. The molecule has 3 rings (SSSR count). The average Bonchev–Trinajstić information content (AvgIpc) is 3.12. The highest BCUT2D eigenvalue weighted by molar-refractivity contribution is 7.16. The second kappa shape index (κ2) is 10.7. The van der Waals surface area contributed by atoms with Gasteiger partial charge in [-0.2, -0.15) is 4.99 Å². The van der Waals surface area contributed by atoms with E-state index in [1.165, 1.54) is 11.3 Å². The fourth-order valence-corrected chi connectivity index (χ4v) is 3.99. The number of nitrogens with zero attached hydrogens (tertiary/aromatic N) is 2. The molecule has 31 heavy (non-hydrogen) atoms. The fraction of sp³-hybridized carbons (Fsp3) is 0.318. The molecule has 0 unspecified atom stereocenters. The highest BCUT2D eigenvalue weighted by Gasteiger charge is 2.13. The lowest BCUT2D eigenvalue weighted by molar-refractivity contribution is -0.120. The van der Waals surface area contributed by atoms with Gasteiger partial charge >= 0.3 is 5.97 Å². The molecule has 0 N–H and O–H groups in total. The Morgan fingerprint density at radius 3 is 2.65 bits per heavy atom. The van der Waals surface area contributed by atoms with Crippen molar-refractivity contribution in [1.29, 1.82) is 0 Å². The van der Waals surface area contributed by atoms with Crippen molar-refractivity contribution < 1.29 is 28.5 Å². The summed E-state index contributed by atoms with van der Waals surface area (Å²) in [7, 11) is 3.17. The lowest BCUT2D eigenvalue weighted by Gasteiger charge is -2.06. The summed E-state index contributed by atoms with van der Waals surface area (Å²) in [5.41, 5.74) is 1.31. The molecule has 0 aliphatic carbocycles. The highest BCUT2D eigenvalue weighted by Crippen LogP contribution is 2.21. The summed E-state index contributed by atoms with van der Waals surface area (Å²) in [6.07, 6.45) is 0. The normalized spacial score (nSPS) is 11.5. The van der Waals surface area contributed by atoms with E-state index in [1.54, 1.807) is 57.5 Å². The van der Waals surface area contributed by atoms with E-state index in [4.69, 9.17) is 18.9 Å². The molecule has 0 aliphatic heterocycles. The fourth-order valence-electron chi connectivity index (χ4n) is 2.87. The van der Waals surface area contributed by atoms with Crippen LogP contribution >= 0.6 is 11.3 Å². The SMILES string of the molecule is CCOC(=O)c1ccc2c(c1)sc(=NC(=O)COc1cccc(OC)c1)n2CCOC. The van der Waals surface area contributed by atoms with E-state index >= 15 is 0 Å². The minimum Gasteiger partial charge on any atom is -0.497 e. The van der Waals surface area contributed by atoms with Gasteiger partial charge in [-0.05, 0) is 37.3 Å². The number of rotatable bonds is 9. The molecule has 0 atom stereocenters. The van der Waals surface area contributed by atoms with Gasteiger partial charge in [0.15, 0.2) is 11.4 Å². The molecule has 0 aliphatic rings. The predicted octanol–water partition coefficient (Wildman–Crippen LogP) is 3.04. The third-order valence-electron chi connectivity index (χ3n) is 4.34. The Kier molecular flexibility index (Phi) is 7.80. The van der Waals surface area contributed by atoms with E-state index in [1.807, 2.05) is 10.6 Å². The number of methoxy groups -OCH3 is 2. The van der Waals surface area contributed by atoms with Crippen LogP contribution in [0.1, 0.15) is 17.3 Å². The van der Waals surface area contributed by atoms with E-state index in [9.17, 15) is 9.59 Å². The quantitative estimate of drug-likeness (QED) is 0.472. The van der Waals surface area contributed by atoms with Crippen LogP contribution in [0.2, 0.25) is 0 Å². The number of hydrogen-bond donors (Lipinski definition) is 0. The molecular formula is C22H24N2O6S. The number of aromatic nitrogens is 1. The number of esters is 1. The number of amides is 1. The molecule has 1 aromatic heterocycles. The largest absolute Gasteiger partial charge is 0.497 e. The van der Waals surface area contributed by atoms with Crippen LogP contribution in [0.5, 0.6) is 11.5 Å². The maximum Gasteiger partial charge on any atom is 0.338 e. The third kappa shape index (κ3) is 5.71. The predicted molar refractivity (Wildman–Crippen MR) is 117 cm³/mol. The first-order valence-electron chi connectivity index (χ1n) is 9.69. The van der Waals surface area contributed by atoms with Crippen molar-refractivity contribution in [3.8, 4) is 11.5 Å². The minimum absolute atomic E-state index is 0.209.